The van der Waals surface area contributed by atoms with Crippen molar-refractivity contribution in [2.45, 2.75) is 37.8 Å². The summed E-state index contributed by atoms with van der Waals surface area (Å²) in [6, 6.07) is 1.62. The molecular formula is C9H18N2. The van der Waals surface area contributed by atoms with Crippen LogP contribution in [0.15, 0.2) is 0 Å². The molecule has 0 aromatic heterocycles. The number of likely N-dealkylation sites (N-methyl/N-ethyl adjacent to an activating group) is 1. The molecule has 2 heterocycles. The topological polar surface area (TPSA) is 15.3 Å². The number of hydrogen-bond donors (Lipinski definition) is 1. The summed E-state index contributed by atoms with van der Waals surface area (Å²) in [4.78, 5) is 2.46. The molecule has 1 N–H and O–H groups in total. The average molecular weight is 154 g/mol. The highest BCUT2D eigenvalue weighted by molar-refractivity contribution is 4.85. The van der Waals surface area contributed by atoms with E-state index >= 15 is 0 Å². The van der Waals surface area contributed by atoms with E-state index in [1.807, 2.05) is 0 Å². The number of rotatable bonds is 0. The van der Waals surface area contributed by atoms with Crippen LogP contribution in [0.25, 0.3) is 0 Å². The van der Waals surface area contributed by atoms with Crippen molar-refractivity contribution in [2.75, 3.05) is 20.1 Å². The maximum Gasteiger partial charge on any atom is 0.0197 e. The number of hydrogen-bond acceptors (Lipinski definition) is 2. The van der Waals surface area contributed by atoms with Crippen LogP contribution < -0.4 is 5.32 Å². The van der Waals surface area contributed by atoms with Gasteiger partial charge >= 0.3 is 0 Å². The summed E-state index contributed by atoms with van der Waals surface area (Å²) < 4.78 is 0. The Labute approximate surface area is 69.0 Å². The summed E-state index contributed by atoms with van der Waals surface area (Å²) in [5.74, 6) is 0. The SMILES string of the molecule is CN1CCC2CCCC(C1)N2. The van der Waals surface area contributed by atoms with Gasteiger partial charge in [0.25, 0.3) is 0 Å². The predicted octanol–water partition coefficient (Wildman–Crippen LogP) is 0.833. The minimum atomic E-state index is 0.793. The molecule has 0 spiro atoms. The molecule has 2 aliphatic heterocycles. The average Bonchev–Trinajstić information content (AvgIpc) is 2.12. The van der Waals surface area contributed by atoms with E-state index in [2.05, 4.69) is 17.3 Å². The number of piperidine rings is 1. The molecule has 0 aromatic carbocycles. The van der Waals surface area contributed by atoms with Crippen molar-refractivity contribution in [3.63, 3.8) is 0 Å². The van der Waals surface area contributed by atoms with Gasteiger partial charge in [0, 0.05) is 18.6 Å². The van der Waals surface area contributed by atoms with Gasteiger partial charge in [-0.05, 0) is 32.9 Å². The molecule has 64 valence electrons. The summed E-state index contributed by atoms with van der Waals surface area (Å²) in [6.07, 6.45) is 5.59. The monoisotopic (exact) mass is 154 g/mol. The lowest BCUT2D eigenvalue weighted by Gasteiger charge is -2.28. The second-order valence-corrected chi connectivity index (χ2v) is 4.04. The highest BCUT2D eigenvalue weighted by Gasteiger charge is 2.24. The van der Waals surface area contributed by atoms with Crippen molar-refractivity contribution in [1.82, 2.24) is 10.2 Å². The zero-order valence-corrected chi connectivity index (χ0v) is 7.34. The van der Waals surface area contributed by atoms with E-state index in [0.717, 1.165) is 12.1 Å². The molecule has 2 rings (SSSR count). The van der Waals surface area contributed by atoms with Gasteiger partial charge in [0.2, 0.25) is 0 Å². The highest BCUT2D eigenvalue weighted by atomic mass is 15.2. The molecule has 2 unspecified atom stereocenters. The van der Waals surface area contributed by atoms with Crippen molar-refractivity contribution in [2.24, 2.45) is 0 Å². The van der Waals surface area contributed by atoms with Crippen molar-refractivity contribution in [3.05, 3.63) is 0 Å². The zero-order valence-electron chi connectivity index (χ0n) is 7.34. The van der Waals surface area contributed by atoms with Gasteiger partial charge in [-0.1, -0.05) is 6.42 Å². The van der Waals surface area contributed by atoms with E-state index in [1.165, 1.54) is 38.8 Å². The Balaban J connectivity index is 1.98. The van der Waals surface area contributed by atoms with Crippen LogP contribution in [0.2, 0.25) is 0 Å². The van der Waals surface area contributed by atoms with Gasteiger partial charge in [0.15, 0.2) is 0 Å². The lowest BCUT2D eigenvalue weighted by molar-refractivity contribution is 0.297. The second kappa shape index (κ2) is 3.11. The van der Waals surface area contributed by atoms with Crippen LogP contribution in [-0.2, 0) is 0 Å². The Kier molecular flexibility index (Phi) is 2.14. The molecule has 11 heavy (non-hydrogen) atoms. The van der Waals surface area contributed by atoms with Gasteiger partial charge in [-0.25, -0.2) is 0 Å². The molecule has 2 atom stereocenters. The third-order valence-corrected chi connectivity index (χ3v) is 2.97. The first-order valence-electron chi connectivity index (χ1n) is 4.79. The fourth-order valence-electron chi connectivity index (χ4n) is 2.33. The van der Waals surface area contributed by atoms with Gasteiger partial charge in [-0.3, -0.25) is 0 Å². The van der Waals surface area contributed by atoms with Crippen LogP contribution in [0.4, 0.5) is 0 Å². The van der Waals surface area contributed by atoms with Crippen molar-refractivity contribution >= 4 is 0 Å². The van der Waals surface area contributed by atoms with E-state index in [4.69, 9.17) is 0 Å². The van der Waals surface area contributed by atoms with Crippen molar-refractivity contribution in [3.8, 4) is 0 Å². The molecule has 0 aliphatic carbocycles. The molecule has 2 heteroatoms. The molecule has 0 radical (unpaired) electrons. The number of nitrogens with one attached hydrogen (secondary N) is 1. The van der Waals surface area contributed by atoms with Crippen LogP contribution in [0, 0.1) is 0 Å². The fourth-order valence-corrected chi connectivity index (χ4v) is 2.33. The molecule has 2 nitrogen and oxygen atoms in total. The molecule has 0 amide bonds. The predicted molar refractivity (Wildman–Crippen MR) is 46.7 cm³/mol. The van der Waals surface area contributed by atoms with Crippen LogP contribution in [0.3, 0.4) is 0 Å². The third-order valence-electron chi connectivity index (χ3n) is 2.97. The quantitative estimate of drug-likeness (QED) is 0.556. The first-order chi connectivity index (χ1) is 5.34. The lowest BCUT2D eigenvalue weighted by atomic mass is 9.98. The Morgan fingerprint density at radius 3 is 2.91 bits per heavy atom. The molecule has 2 bridgehead atoms. The first-order valence-corrected chi connectivity index (χ1v) is 4.79. The summed E-state index contributed by atoms with van der Waals surface area (Å²) >= 11 is 0. The highest BCUT2D eigenvalue weighted by Crippen LogP contribution is 2.18. The fraction of sp³-hybridized carbons (Fsp3) is 1.00. The summed E-state index contributed by atoms with van der Waals surface area (Å²) in [6.45, 7) is 2.55. The summed E-state index contributed by atoms with van der Waals surface area (Å²) in [5.41, 5.74) is 0. The lowest BCUT2D eigenvalue weighted by Crippen LogP contribution is -2.43. The smallest absolute Gasteiger partial charge is 0.0197 e. The van der Waals surface area contributed by atoms with E-state index in [-0.39, 0.29) is 0 Å². The van der Waals surface area contributed by atoms with Crippen LogP contribution in [0.5, 0.6) is 0 Å². The van der Waals surface area contributed by atoms with Gasteiger partial charge in [-0.15, -0.1) is 0 Å². The maximum atomic E-state index is 3.70. The molecular weight excluding hydrogens is 136 g/mol. The van der Waals surface area contributed by atoms with Crippen molar-refractivity contribution < 1.29 is 0 Å². The minimum absolute atomic E-state index is 0.793. The first kappa shape index (κ1) is 7.56. The molecule has 0 saturated carbocycles. The minimum Gasteiger partial charge on any atom is -0.310 e. The molecule has 2 fully saturated rings. The van der Waals surface area contributed by atoms with Crippen molar-refractivity contribution in [1.29, 1.82) is 0 Å². The summed E-state index contributed by atoms with van der Waals surface area (Å²) in [7, 11) is 2.24. The van der Waals surface area contributed by atoms with Crippen LogP contribution in [0.1, 0.15) is 25.7 Å². The van der Waals surface area contributed by atoms with E-state index < -0.39 is 0 Å². The van der Waals surface area contributed by atoms with Gasteiger partial charge in [0.1, 0.15) is 0 Å². The second-order valence-electron chi connectivity index (χ2n) is 4.04. The van der Waals surface area contributed by atoms with Gasteiger partial charge in [-0.2, -0.15) is 0 Å². The number of fused-ring (bicyclic) bond motifs is 2. The van der Waals surface area contributed by atoms with E-state index in [1.54, 1.807) is 0 Å². The normalized spacial score (nSPS) is 40.1. The van der Waals surface area contributed by atoms with Crippen LogP contribution >= 0.6 is 0 Å². The molecule has 2 aliphatic rings. The standard InChI is InChI=1S/C9H18N2/c1-11-6-5-8-3-2-4-9(7-11)10-8/h8-10H,2-7H2,1H3. The van der Waals surface area contributed by atoms with Gasteiger partial charge < -0.3 is 10.2 Å². The Morgan fingerprint density at radius 1 is 1.18 bits per heavy atom. The maximum absolute atomic E-state index is 3.70. The zero-order chi connectivity index (χ0) is 7.68. The molecule has 2 saturated heterocycles. The summed E-state index contributed by atoms with van der Waals surface area (Å²) in [5, 5.41) is 3.70. The third kappa shape index (κ3) is 1.74. The molecule has 0 aromatic rings. The Hall–Kier alpha value is -0.0800. The Morgan fingerprint density at radius 2 is 2.00 bits per heavy atom. The van der Waals surface area contributed by atoms with E-state index in [9.17, 15) is 0 Å². The van der Waals surface area contributed by atoms with Crippen LogP contribution in [-0.4, -0.2) is 37.1 Å². The number of nitrogens with zero attached hydrogens (tertiary/aromatic N) is 1. The Bertz CT molecular complexity index is 134. The van der Waals surface area contributed by atoms with E-state index in [0.29, 0.717) is 0 Å². The van der Waals surface area contributed by atoms with Gasteiger partial charge in [0.05, 0.1) is 0 Å². The largest absolute Gasteiger partial charge is 0.310 e.